The predicted octanol–water partition coefficient (Wildman–Crippen LogP) is 4.02. The van der Waals surface area contributed by atoms with Crippen molar-refractivity contribution in [2.45, 2.75) is 63.3 Å². The Morgan fingerprint density at radius 2 is 1.83 bits per heavy atom. The Bertz CT molecular complexity index is 1160. The number of ether oxygens (including phenoxy) is 1. The zero-order valence-electron chi connectivity index (χ0n) is 17.7. The molecule has 0 radical (unpaired) electrons. The topological polar surface area (TPSA) is 85.6 Å². The quantitative estimate of drug-likeness (QED) is 0.620. The van der Waals surface area contributed by atoms with E-state index in [1.807, 2.05) is 26.0 Å². The second-order valence-corrected chi connectivity index (χ2v) is 9.69. The smallest absolute Gasteiger partial charge is 0.244 e. The van der Waals surface area contributed by atoms with Crippen molar-refractivity contribution in [3.05, 3.63) is 41.9 Å². The molecule has 1 N–H and O–H groups in total. The maximum atomic E-state index is 13.3. The lowest BCUT2D eigenvalue weighted by Crippen LogP contribution is -2.34. The molecule has 1 aliphatic carbocycles. The Labute approximate surface area is 177 Å². The first-order valence-electron chi connectivity index (χ1n) is 10.4. The molecule has 0 saturated heterocycles. The van der Waals surface area contributed by atoms with Crippen molar-refractivity contribution in [1.29, 1.82) is 0 Å². The minimum Gasteiger partial charge on any atom is -0.495 e. The van der Waals surface area contributed by atoms with Crippen molar-refractivity contribution in [3.8, 4) is 16.9 Å². The van der Waals surface area contributed by atoms with Crippen LogP contribution in [-0.4, -0.2) is 36.2 Å². The summed E-state index contributed by atoms with van der Waals surface area (Å²) in [7, 11) is -2.24. The number of nitrogens with zero attached hydrogens (tertiary/aromatic N) is 3. The maximum Gasteiger partial charge on any atom is 0.244 e. The number of aromatic nitrogens is 3. The number of methoxy groups -OCH3 is 1. The lowest BCUT2D eigenvalue weighted by molar-refractivity contribution is 0.401. The third kappa shape index (κ3) is 4.06. The molecule has 1 aliphatic rings. The standard InChI is InChI=1S/C22H28N4O3S/c1-15-12-16(2)26-22(24-15)19(14-23-26)17-10-11-20(29-3)21(13-17)30(27,28)25-18-8-6-4-5-7-9-18/h10-14,18,25H,4-9H2,1-3H3. The molecular weight excluding hydrogens is 400 g/mol. The van der Waals surface area contributed by atoms with Gasteiger partial charge in [-0.25, -0.2) is 22.6 Å². The van der Waals surface area contributed by atoms with E-state index in [1.54, 1.807) is 22.8 Å². The largest absolute Gasteiger partial charge is 0.495 e. The van der Waals surface area contributed by atoms with Gasteiger partial charge in [-0.2, -0.15) is 5.10 Å². The molecule has 3 aromatic rings. The Kier molecular flexibility index (Phi) is 5.79. The van der Waals surface area contributed by atoms with E-state index in [4.69, 9.17) is 4.74 Å². The molecule has 7 nitrogen and oxygen atoms in total. The molecule has 0 bridgehead atoms. The van der Waals surface area contributed by atoms with Crippen LogP contribution in [0.15, 0.2) is 35.4 Å². The van der Waals surface area contributed by atoms with E-state index in [1.165, 1.54) is 7.11 Å². The van der Waals surface area contributed by atoms with Crippen LogP contribution in [0.1, 0.15) is 49.9 Å². The van der Waals surface area contributed by atoms with Crippen LogP contribution < -0.4 is 9.46 Å². The molecule has 0 unspecified atom stereocenters. The lowest BCUT2D eigenvalue weighted by atomic mass is 10.1. The molecule has 2 heterocycles. The molecule has 4 rings (SSSR count). The van der Waals surface area contributed by atoms with Gasteiger partial charge in [0, 0.05) is 23.0 Å². The van der Waals surface area contributed by atoms with Gasteiger partial charge in [0.1, 0.15) is 10.6 Å². The van der Waals surface area contributed by atoms with Crippen LogP contribution in [-0.2, 0) is 10.0 Å². The summed E-state index contributed by atoms with van der Waals surface area (Å²) in [6.45, 7) is 3.91. The van der Waals surface area contributed by atoms with Crippen LogP contribution in [0.3, 0.4) is 0 Å². The Morgan fingerprint density at radius 1 is 1.10 bits per heavy atom. The normalized spacial score (nSPS) is 16.0. The molecule has 1 fully saturated rings. The van der Waals surface area contributed by atoms with Crippen LogP contribution in [0, 0.1) is 13.8 Å². The van der Waals surface area contributed by atoms with Gasteiger partial charge in [0.05, 0.1) is 13.3 Å². The highest BCUT2D eigenvalue weighted by molar-refractivity contribution is 7.89. The van der Waals surface area contributed by atoms with Gasteiger partial charge >= 0.3 is 0 Å². The fourth-order valence-corrected chi connectivity index (χ4v) is 5.71. The first kappa shape index (κ1) is 20.8. The fraction of sp³-hybridized carbons (Fsp3) is 0.455. The minimum atomic E-state index is -3.72. The van der Waals surface area contributed by atoms with Gasteiger partial charge in [0.2, 0.25) is 10.0 Å². The summed E-state index contributed by atoms with van der Waals surface area (Å²) in [6, 6.07) is 7.14. The van der Waals surface area contributed by atoms with E-state index >= 15 is 0 Å². The molecule has 0 spiro atoms. The molecular formula is C22H28N4O3S. The second-order valence-electron chi connectivity index (χ2n) is 8.01. The number of fused-ring (bicyclic) bond motifs is 1. The summed E-state index contributed by atoms with van der Waals surface area (Å²) in [5.74, 6) is 0.330. The van der Waals surface area contributed by atoms with Crippen molar-refractivity contribution in [2.75, 3.05) is 7.11 Å². The summed E-state index contributed by atoms with van der Waals surface area (Å²) >= 11 is 0. The monoisotopic (exact) mass is 428 g/mol. The van der Waals surface area contributed by atoms with E-state index in [2.05, 4.69) is 14.8 Å². The van der Waals surface area contributed by atoms with Gasteiger partial charge in [-0.3, -0.25) is 0 Å². The van der Waals surface area contributed by atoms with Gasteiger partial charge in [-0.05, 0) is 50.5 Å². The van der Waals surface area contributed by atoms with Gasteiger partial charge in [0.15, 0.2) is 5.65 Å². The third-order valence-electron chi connectivity index (χ3n) is 5.72. The van der Waals surface area contributed by atoms with Crippen molar-refractivity contribution < 1.29 is 13.2 Å². The van der Waals surface area contributed by atoms with Crippen molar-refractivity contribution in [1.82, 2.24) is 19.3 Å². The molecule has 30 heavy (non-hydrogen) atoms. The van der Waals surface area contributed by atoms with Gasteiger partial charge < -0.3 is 4.74 Å². The molecule has 0 aliphatic heterocycles. The molecule has 1 aromatic carbocycles. The van der Waals surface area contributed by atoms with Crippen LogP contribution in [0.2, 0.25) is 0 Å². The van der Waals surface area contributed by atoms with E-state index in [9.17, 15) is 8.42 Å². The van der Waals surface area contributed by atoms with Gasteiger partial charge in [-0.1, -0.05) is 31.7 Å². The number of hydrogen-bond donors (Lipinski definition) is 1. The van der Waals surface area contributed by atoms with Crippen LogP contribution in [0.5, 0.6) is 5.75 Å². The Morgan fingerprint density at radius 3 is 2.53 bits per heavy atom. The molecule has 160 valence electrons. The summed E-state index contributed by atoms with van der Waals surface area (Å²) in [5, 5.41) is 4.43. The number of benzene rings is 1. The van der Waals surface area contributed by atoms with E-state index < -0.39 is 10.0 Å². The highest BCUT2D eigenvalue weighted by Crippen LogP contribution is 2.32. The predicted molar refractivity (Wildman–Crippen MR) is 116 cm³/mol. The van der Waals surface area contributed by atoms with E-state index in [0.717, 1.165) is 61.0 Å². The summed E-state index contributed by atoms with van der Waals surface area (Å²) in [4.78, 5) is 4.76. The highest BCUT2D eigenvalue weighted by atomic mass is 32.2. The zero-order chi connectivity index (χ0) is 21.3. The SMILES string of the molecule is COc1ccc(-c2cnn3c(C)cc(C)nc23)cc1S(=O)(=O)NC1CCCCCC1. The Balaban J connectivity index is 1.76. The fourth-order valence-electron chi connectivity index (χ4n) is 4.21. The summed E-state index contributed by atoms with van der Waals surface area (Å²) in [5.41, 5.74) is 4.09. The average molecular weight is 429 g/mol. The first-order chi connectivity index (χ1) is 14.4. The molecule has 8 heteroatoms. The minimum absolute atomic E-state index is 0.0326. The number of hydrogen-bond acceptors (Lipinski definition) is 5. The molecule has 0 amide bonds. The third-order valence-corrected chi connectivity index (χ3v) is 7.26. The van der Waals surface area contributed by atoms with Crippen LogP contribution in [0.25, 0.3) is 16.8 Å². The number of aryl methyl sites for hydroxylation is 2. The second kappa shape index (κ2) is 8.35. The molecule has 1 saturated carbocycles. The Hall–Kier alpha value is -2.45. The van der Waals surface area contributed by atoms with E-state index in [0.29, 0.717) is 11.4 Å². The van der Waals surface area contributed by atoms with Crippen molar-refractivity contribution in [2.24, 2.45) is 0 Å². The zero-order valence-corrected chi connectivity index (χ0v) is 18.5. The lowest BCUT2D eigenvalue weighted by Gasteiger charge is -2.18. The maximum absolute atomic E-state index is 13.3. The number of sulfonamides is 1. The van der Waals surface area contributed by atoms with E-state index in [-0.39, 0.29) is 10.9 Å². The first-order valence-corrected chi connectivity index (χ1v) is 11.9. The average Bonchev–Trinajstić information content (AvgIpc) is 2.97. The number of rotatable bonds is 5. The van der Waals surface area contributed by atoms with Crippen molar-refractivity contribution in [3.63, 3.8) is 0 Å². The molecule has 0 atom stereocenters. The van der Waals surface area contributed by atoms with Crippen LogP contribution >= 0.6 is 0 Å². The van der Waals surface area contributed by atoms with Crippen molar-refractivity contribution >= 4 is 15.7 Å². The van der Waals surface area contributed by atoms with Gasteiger partial charge in [-0.15, -0.1) is 0 Å². The van der Waals surface area contributed by atoms with Gasteiger partial charge in [0.25, 0.3) is 0 Å². The number of nitrogens with one attached hydrogen (secondary N) is 1. The van der Waals surface area contributed by atoms with Crippen LogP contribution in [0.4, 0.5) is 0 Å². The summed E-state index contributed by atoms with van der Waals surface area (Å²) < 4.78 is 36.6. The molecule has 2 aromatic heterocycles. The summed E-state index contributed by atoms with van der Waals surface area (Å²) in [6.07, 6.45) is 7.91. The highest BCUT2D eigenvalue weighted by Gasteiger charge is 2.25.